The van der Waals surface area contributed by atoms with Crippen LogP contribution < -0.4 is 14.2 Å². The molecule has 0 aliphatic heterocycles. The van der Waals surface area contributed by atoms with Gasteiger partial charge in [0.15, 0.2) is 11.5 Å². The summed E-state index contributed by atoms with van der Waals surface area (Å²) in [5.41, 5.74) is 1.03. The van der Waals surface area contributed by atoms with Crippen molar-refractivity contribution < 1.29 is 14.2 Å². The molecule has 0 amide bonds. The second-order valence-corrected chi connectivity index (χ2v) is 4.85. The van der Waals surface area contributed by atoms with Gasteiger partial charge in [-0.1, -0.05) is 11.8 Å². The van der Waals surface area contributed by atoms with Crippen molar-refractivity contribution in [1.29, 1.82) is 0 Å². The van der Waals surface area contributed by atoms with Crippen molar-refractivity contribution >= 4 is 11.8 Å². The minimum Gasteiger partial charge on any atom is -0.493 e. The quantitative estimate of drug-likeness (QED) is 0.748. The van der Waals surface area contributed by atoms with Crippen LogP contribution in [0.2, 0.25) is 0 Å². The molecule has 2 aromatic rings. The van der Waals surface area contributed by atoms with Gasteiger partial charge in [-0.25, -0.2) is 4.68 Å². The molecule has 0 N–H and O–H groups in total. The van der Waals surface area contributed by atoms with Crippen LogP contribution in [-0.2, 0) is 12.8 Å². The minimum absolute atomic E-state index is 0.587. The lowest BCUT2D eigenvalue weighted by Gasteiger charge is -2.13. The molecule has 0 aliphatic rings. The number of methoxy groups -OCH3 is 3. The number of nitrogens with zero attached hydrogens (tertiary/aromatic N) is 4. The Morgan fingerprint density at radius 2 is 1.75 bits per heavy atom. The molecule has 0 atom stereocenters. The highest BCUT2D eigenvalue weighted by molar-refractivity contribution is 7.98. The number of hydrogen-bond donors (Lipinski definition) is 0. The van der Waals surface area contributed by atoms with Gasteiger partial charge in [-0.05, 0) is 28.1 Å². The molecule has 1 aromatic heterocycles. The Kier molecular flexibility index (Phi) is 4.67. The van der Waals surface area contributed by atoms with Crippen molar-refractivity contribution in [2.24, 2.45) is 7.05 Å². The number of rotatable bonds is 6. The molecular weight excluding hydrogens is 280 g/mol. The molecule has 2 rings (SSSR count). The number of thioether (sulfide) groups is 1. The van der Waals surface area contributed by atoms with Crippen LogP contribution in [0.3, 0.4) is 0 Å². The van der Waals surface area contributed by atoms with Gasteiger partial charge in [0.05, 0.1) is 21.3 Å². The molecule has 7 nitrogen and oxygen atoms in total. The van der Waals surface area contributed by atoms with E-state index in [1.54, 1.807) is 33.1 Å². The van der Waals surface area contributed by atoms with Gasteiger partial charge in [-0.2, -0.15) is 0 Å². The molecule has 1 heterocycles. The third-order valence-electron chi connectivity index (χ3n) is 2.67. The van der Waals surface area contributed by atoms with E-state index in [1.807, 2.05) is 12.1 Å². The smallest absolute Gasteiger partial charge is 0.209 e. The number of benzene rings is 1. The van der Waals surface area contributed by atoms with Crippen molar-refractivity contribution in [1.82, 2.24) is 20.2 Å². The van der Waals surface area contributed by atoms with Gasteiger partial charge >= 0.3 is 0 Å². The second-order valence-electron chi connectivity index (χ2n) is 3.91. The second kappa shape index (κ2) is 6.47. The molecule has 0 radical (unpaired) electrons. The summed E-state index contributed by atoms with van der Waals surface area (Å²) in [5.74, 6) is 2.56. The Bertz CT molecular complexity index is 563. The molecule has 0 saturated carbocycles. The largest absolute Gasteiger partial charge is 0.493 e. The van der Waals surface area contributed by atoms with Crippen LogP contribution in [0, 0.1) is 0 Å². The van der Waals surface area contributed by atoms with Crippen molar-refractivity contribution in [2.45, 2.75) is 10.9 Å². The molecule has 0 fully saturated rings. The third-order valence-corrected chi connectivity index (χ3v) is 3.76. The van der Waals surface area contributed by atoms with Gasteiger partial charge in [-0.3, -0.25) is 0 Å². The van der Waals surface area contributed by atoms with Crippen LogP contribution in [0.5, 0.6) is 17.2 Å². The number of aromatic nitrogens is 4. The summed E-state index contributed by atoms with van der Waals surface area (Å²) in [7, 11) is 6.58. The van der Waals surface area contributed by atoms with E-state index in [1.165, 1.54) is 11.8 Å². The third kappa shape index (κ3) is 2.96. The summed E-state index contributed by atoms with van der Waals surface area (Å²) >= 11 is 1.53. The summed E-state index contributed by atoms with van der Waals surface area (Å²) < 4.78 is 17.6. The van der Waals surface area contributed by atoms with Crippen LogP contribution >= 0.6 is 11.8 Å². The van der Waals surface area contributed by atoms with E-state index in [9.17, 15) is 0 Å². The Hall–Kier alpha value is -1.96. The van der Waals surface area contributed by atoms with Gasteiger partial charge in [0.2, 0.25) is 10.9 Å². The highest BCUT2D eigenvalue weighted by atomic mass is 32.2. The molecule has 20 heavy (non-hydrogen) atoms. The molecule has 0 unspecified atom stereocenters. The zero-order valence-electron chi connectivity index (χ0n) is 11.8. The first kappa shape index (κ1) is 14.4. The van der Waals surface area contributed by atoms with Crippen LogP contribution in [0.15, 0.2) is 17.3 Å². The Labute approximate surface area is 121 Å². The average molecular weight is 296 g/mol. The Morgan fingerprint density at radius 3 is 2.20 bits per heavy atom. The van der Waals surface area contributed by atoms with Crippen LogP contribution in [0.1, 0.15) is 5.56 Å². The van der Waals surface area contributed by atoms with E-state index in [0.717, 1.165) is 10.7 Å². The number of aryl methyl sites for hydroxylation is 1. The van der Waals surface area contributed by atoms with Gasteiger partial charge in [-0.15, -0.1) is 5.10 Å². The number of tetrazole rings is 1. The van der Waals surface area contributed by atoms with E-state index in [-0.39, 0.29) is 0 Å². The van der Waals surface area contributed by atoms with E-state index < -0.39 is 0 Å². The predicted octanol–water partition coefficient (Wildman–Crippen LogP) is 1.53. The van der Waals surface area contributed by atoms with Gasteiger partial charge < -0.3 is 14.2 Å². The maximum atomic E-state index is 5.32. The number of ether oxygens (including phenoxy) is 3. The molecular formula is C12H16N4O3S. The highest BCUT2D eigenvalue weighted by Crippen LogP contribution is 2.39. The maximum absolute atomic E-state index is 5.32. The molecule has 0 saturated heterocycles. The summed E-state index contributed by atoms with van der Waals surface area (Å²) in [6.45, 7) is 0. The Balaban J connectivity index is 2.21. The van der Waals surface area contributed by atoms with E-state index >= 15 is 0 Å². The highest BCUT2D eigenvalue weighted by Gasteiger charge is 2.14. The standard InChI is InChI=1S/C12H16N4O3S/c1-16-12(13-14-15-16)20-7-8-5-9(17-2)11(19-4)10(6-8)18-3/h5-6H,7H2,1-4H3. The lowest BCUT2D eigenvalue weighted by atomic mass is 10.2. The fraction of sp³-hybridized carbons (Fsp3) is 0.417. The summed E-state index contributed by atoms with van der Waals surface area (Å²) in [6, 6.07) is 3.83. The normalized spacial score (nSPS) is 10.4. The minimum atomic E-state index is 0.587. The van der Waals surface area contributed by atoms with Gasteiger partial charge in [0, 0.05) is 12.8 Å². The first-order valence-corrected chi connectivity index (χ1v) is 6.82. The zero-order valence-corrected chi connectivity index (χ0v) is 12.6. The van der Waals surface area contributed by atoms with Crippen molar-refractivity contribution in [2.75, 3.05) is 21.3 Å². The van der Waals surface area contributed by atoms with Crippen LogP contribution in [0.25, 0.3) is 0 Å². The predicted molar refractivity (Wildman–Crippen MR) is 74.5 cm³/mol. The van der Waals surface area contributed by atoms with E-state index in [0.29, 0.717) is 23.0 Å². The fourth-order valence-corrected chi connectivity index (χ4v) is 2.49. The SMILES string of the molecule is COc1cc(CSc2nnnn2C)cc(OC)c1OC. The van der Waals surface area contributed by atoms with Crippen molar-refractivity contribution in [3.63, 3.8) is 0 Å². The van der Waals surface area contributed by atoms with Crippen LogP contribution in [0.4, 0.5) is 0 Å². The first-order valence-electron chi connectivity index (χ1n) is 5.83. The first-order chi connectivity index (χ1) is 9.69. The lowest BCUT2D eigenvalue weighted by molar-refractivity contribution is 0.324. The maximum Gasteiger partial charge on any atom is 0.209 e. The van der Waals surface area contributed by atoms with Crippen LogP contribution in [-0.4, -0.2) is 41.5 Å². The fourth-order valence-electron chi connectivity index (χ4n) is 1.71. The van der Waals surface area contributed by atoms with Gasteiger partial charge in [0.25, 0.3) is 0 Å². The summed E-state index contributed by atoms with van der Waals surface area (Å²) in [4.78, 5) is 0. The molecule has 0 aliphatic carbocycles. The molecule has 0 bridgehead atoms. The molecule has 108 valence electrons. The van der Waals surface area contributed by atoms with Crippen molar-refractivity contribution in [3.8, 4) is 17.2 Å². The summed E-state index contributed by atoms with van der Waals surface area (Å²) in [6.07, 6.45) is 0. The lowest BCUT2D eigenvalue weighted by Crippen LogP contribution is -1.97. The van der Waals surface area contributed by atoms with Crippen molar-refractivity contribution in [3.05, 3.63) is 17.7 Å². The monoisotopic (exact) mass is 296 g/mol. The molecule has 1 aromatic carbocycles. The van der Waals surface area contributed by atoms with E-state index in [2.05, 4.69) is 15.5 Å². The summed E-state index contributed by atoms with van der Waals surface area (Å²) in [5, 5.41) is 12.1. The van der Waals surface area contributed by atoms with E-state index in [4.69, 9.17) is 14.2 Å². The number of hydrogen-bond acceptors (Lipinski definition) is 7. The average Bonchev–Trinajstić information content (AvgIpc) is 2.89. The zero-order chi connectivity index (χ0) is 14.5. The Morgan fingerprint density at radius 1 is 1.10 bits per heavy atom. The topological polar surface area (TPSA) is 71.3 Å². The molecule has 0 spiro atoms. The van der Waals surface area contributed by atoms with Gasteiger partial charge in [0.1, 0.15) is 0 Å². The molecule has 8 heteroatoms.